The number of carbonyl (C=O) groups excluding carboxylic acids is 2. The molecule has 2 N–H and O–H groups in total. The zero-order valence-corrected chi connectivity index (χ0v) is 13.0. The lowest BCUT2D eigenvalue weighted by atomic mass is 10.1. The smallest absolute Gasteiger partial charge is 0.269 e. The number of hydrogen-bond acceptors (Lipinski definition) is 6. The summed E-state index contributed by atoms with van der Waals surface area (Å²) in [5.74, 6) is -0.618. The Kier molecular flexibility index (Phi) is 5.12. The molecule has 1 fully saturated rings. The van der Waals surface area contributed by atoms with Crippen LogP contribution in [0.15, 0.2) is 30.6 Å². The molecule has 1 aliphatic heterocycles. The van der Waals surface area contributed by atoms with Crippen LogP contribution in [0.25, 0.3) is 5.69 Å². The monoisotopic (exact) mass is 330 g/mol. The van der Waals surface area contributed by atoms with Gasteiger partial charge in [0.2, 0.25) is 5.91 Å². The molecule has 0 saturated carbocycles. The normalized spacial score (nSPS) is 16.8. The first-order chi connectivity index (χ1) is 11.7. The summed E-state index contributed by atoms with van der Waals surface area (Å²) in [6.45, 7) is 0.768. The highest BCUT2D eigenvalue weighted by atomic mass is 16.5. The van der Waals surface area contributed by atoms with Crippen LogP contribution in [0.4, 0.5) is 0 Å². The molecule has 0 aliphatic carbocycles. The number of benzene rings is 1. The van der Waals surface area contributed by atoms with E-state index in [1.165, 1.54) is 11.0 Å². The van der Waals surface area contributed by atoms with Crippen molar-refractivity contribution >= 4 is 11.8 Å². The van der Waals surface area contributed by atoms with Gasteiger partial charge in [0, 0.05) is 18.6 Å². The zero-order valence-electron chi connectivity index (χ0n) is 13.0. The average Bonchev–Trinajstić information content (AvgIpc) is 3.31. The van der Waals surface area contributed by atoms with Crippen molar-refractivity contribution in [3.8, 4) is 5.69 Å². The van der Waals surface area contributed by atoms with Crippen LogP contribution in [0.3, 0.4) is 0 Å². The van der Waals surface area contributed by atoms with Crippen LogP contribution in [-0.4, -0.2) is 44.7 Å². The van der Waals surface area contributed by atoms with Crippen LogP contribution in [-0.2, 0) is 9.53 Å². The Labute approximate surface area is 138 Å². The molecule has 126 valence electrons. The van der Waals surface area contributed by atoms with Crippen molar-refractivity contribution in [1.82, 2.24) is 31.1 Å². The molecule has 9 heteroatoms. The number of rotatable bonds is 5. The van der Waals surface area contributed by atoms with Gasteiger partial charge in [0.25, 0.3) is 5.91 Å². The van der Waals surface area contributed by atoms with Gasteiger partial charge in [-0.25, -0.2) is 4.68 Å². The zero-order chi connectivity index (χ0) is 16.8. The van der Waals surface area contributed by atoms with E-state index in [4.69, 9.17) is 4.74 Å². The third-order valence-electron chi connectivity index (χ3n) is 3.78. The lowest BCUT2D eigenvalue weighted by Crippen LogP contribution is -2.41. The molecule has 1 aromatic heterocycles. The predicted octanol–water partition coefficient (Wildman–Crippen LogP) is 0.382. The molecule has 1 atom stereocenters. The maximum atomic E-state index is 12.0. The minimum atomic E-state index is -0.385. The molecule has 0 unspecified atom stereocenters. The summed E-state index contributed by atoms with van der Waals surface area (Å²) in [6.07, 6.45) is 4.65. The summed E-state index contributed by atoms with van der Waals surface area (Å²) in [7, 11) is 0. The van der Waals surface area contributed by atoms with Gasteiger partial charge in [-0.3, -0.25) is 20.4 Å². The predicted molar refractivity (Wildman–Crippen MR) is 83.0 cm³/mol. The summed E-state index contributed by atoms with van der Waals surface area (Å²) >= 11 is 0. The number of carbonyl (C=O) groups is 2. The molecule has 3 rings (SSSR count). The van der Waals surface area contributed by atoms with Gasteiger partial charge in [0.05, 0.1) is 11.8 Å². The number of amides is 2. The van der Waals surface area contributed by atoms with Crippen LogP contribution >= 0.6 is 0 Å². The summed E-state index contributed by atoms with van der Waals surface area (Å²) in [5.41, 5.74) is 5.97. The third-order valence-corrected chi connectivity index (χ3v) is 3.78. The van der Waals surface area contributed by atoms with Crippen LogP contribution < -0.4 is 10.9 Å². The first kappa shape index (κ1) is 16.1. The minimum absolute atomic E-state index is 0.158. The Morgan fingerprint density at radius 3 is 2.75 bits per heavy atom. The largest absolute Gasteiger partial charge is 0.378 e. The van der Waals surface area contributed by atoms with Gasteiger partial charge in [-0.05, 0) is 54.0 Å². The Balaban J connectivity index is 1.45. The molecule has 9 nitrogen and oxygen atoms in total. The van der Waals surface area contributed by atoms with Gasteiger partial charge in [0.1, 0.15) is 6.33 Å². The third kappa shape index (κ3) is 4.13. The Morgan fingerprint density at radius 2 is 2.08 bits per heavy atom. The average molecular weight is 330 g/mol. The molecule has 0 spiro atoms. The SMILES string of the molecule is O=C(CC[C@H]1CCCO1)NNC(=O)c1ccc(-n2cnnn2)cc1. The van der Waals surface area contributed by atoms with E-state index >= 15 is 0 Å². The lowest BCUT2D eigenvalue weighted by Gasteiger charge is -2.10. The highest BCUT2D eigenvalue weighted by Crippen LogP contribution is 2.16. The van der Waals surface area contributed by atoms with Gasteiger partial charge < -0.3 is 4.74 Å². The fraction of sp³-hybridized carbons (Fsp3) is 0.400. The van der Waals surface area contributed by atoms with Gasteiger partial charge >= 0.3 is 0 Å². The van der Waals surface area contributed by atoms with Crippen LogP contribution in [0.1, 0.15) is 36.0 Å². The van der Waals surface area contributed by atoms with E-state index in [1.54, 1.807) is 24.3 Å². The van der Waals surface area contributed by atoms with Crippen molar-refractivity contribution in [3.05, 3.63) is 36.2 Å². The number of nitrogens with zero attached hydrogens (tertiary/aromatic N) is 4. The van der Waals surface area contributed by atoms with Crippen molar-refractivity contribution in [2.75, 3.05) is 6.61 Å². The van der Waals surface area contributed by atoms with Gasteiger partial charge in [-0.1, -0.05) is 0 Å². The molecule has 2 aromatic rings. The molecular weight excluding hydrogens is 312 g/mol. The maximum absolute atomic E-state index is 12.0. The van der Waals surface area contributed by atoms with E-state index < -0.39 is 0 Å². The molecule has 0 bridgehead atoms. The number of hydrazine groups is 1. The quantitative estimate of drug-likeness (QED) is 0.767. The standard InChI is InChI=1S/C15H18N6O3/c22-14(8-7-13-2-1-9-24-13)17-18-15(23)11-3-5-12(6-4-11)21-10-16-19-20-21/h3-6,10,13H,1-2,7-9H2,(H,17,22)(H,18,23)/t13-/m1/s1. The van der Waals surface area contributed by atoms with Crippen molar-refractivity contribution in [2.45, 2.75) is 31.8 Å². The van der Waals surface area contributed by atoms with Crippen molar-refractivity contribution in [2.24, 2.45) is 0 Å². The molecule has 2 heterocycles. The highest BCUT2D eigenvalue weighted by molar-refractivity contribution is 5.95. The van der Waals surface area contributed by atoms with E-state index in [-0.39, 0.29) is 17.9 Å². The number of ether oxygens (including phenoxy) is 1. The number of hydrogen-bond donors (Lipinski definition) is 2. The maximum Gasteiger partial charge on any atom is 0.269 e. The van der Waals surface area contributed by atoms with Gasteiger partial charge in [-0.15, -0.1) is 5.10 Å². The lowest BCUT2D eigenvalue weighted by molar-refractivity contribution is -0.122. The van der Waals surface area contributed by atoms with E-state index in [1.807, 2.05) is 0 Å². The van der Waals surface area contributed by atoms with Crippen LogP contribution in [0, 0.1) is 0 Å². The molecule has 1 aliphatic rings. The number of nitrogens with one attached hydrogen (secondary N) is 2. The van der Waals surface area contributed by atoms with Gasteiger partial charge in [0.15, 0.2) is 0 Å². The topological polar surface area (TPSA) is 111 Å². The molecule has 1 saturated heterocycles. The molecule has 1 aromatic carbocycles. The minimum Gasteiger partial charge on any atom is -0.378 e. The fourth-order valence-corrected chi connectivity index (χ4v) is 2.47. The highest BCUT2D eigenvalue weighted by Gasteiger charge is 2.17. The first-order valence-electron chi connectivity index (χ1n) is 7.76. The van der Waals surface area contributed by atoms with Crippen molar-refractivity contribution in [3.63, 3.8) is 0 Å². The van der Waals surface area contributed by atoms with Crippen LogP contribution in [0.2, 0.25) is 0 Å². The summed E-state index contributed by atoms with van der Waals surface area (Å²) in [6, 6.07) is 6.69. The van der Waals surface area contributed by atoms with E-state index in [2.05, 4.69) is 26.4 Å². The summed E-state index contributed by atoms with van der Waals surface area (Å²) in [4.78, 5) is 23.7. The van der Waals surface area contributed by atoms with Crippen molar-refractivity contribution in [1.29, 1.82) is 0 Å². The molecular formula is C15H18N6O3. The Bertz CT molecular complexity index is 680. The van der Waals surface area contributed by atoms with E-state index in [9.17, 15) is 9.59 Å². The first-order valence-corrected chi connectivity index (χ1v) is 7.76. The summed E-state index contributed by atoms with van der Waals surface area (Å²) < 4.78 is 6.94. The van der Waals surface area contributed by atoms with Crippen LogP contribution in [0.5, 0.6) is 0 Å². The summed E-state index contributed by atoms with van der Waals surface area (Å²) in [5, 5.41) is 10.9. The van der Waals surface area contributed by atoms with Gasteiger partial charge in [-0.2, -0.15) is 0 Å². The fourth-order valence-electron chi connectivity index (χ4n) is 2.47. The molecule has 0 radical (unpaired) electrons. The number of tetrazole rings is 1. The van der Waals surface area contributed by atoms with Crippen molar-refractivity contribution < 1.29 is 14.3 Å². The van der Waals surface area contributed by atoms with E-state index in [0.29, 0.717) is 18.4 Å². The second-order valence-electron chi connectivity index (χ2n) is 5.48. The number of aromatic nitrogens is 4. The second-order valence-corrected chi connectivity index (χ2v) is 5.48. The van der Waals surface area contributed by atoms with E-state index in [0.717, 1.165) is 25.1 Å². The Hall–Kier alpha value is -2.81. The molecule has 24 heavy (non-hydrogen) atoms. The second kappa shape index (κ2) is 7.64. The molecule has 2 amide bonds. The Morgan fingerprint density at radius 1 is 1.25 bits per heavy atom.